The Balaban J connectivity index is 2.46. The lowest BCUT2D eigenvalue weighted by atomic mass is 10.0. The quantitative estimate of drug-likeness (QED) is 0.485. The molecule has 0 spiro atoms. The first-order valence-corrected chi connectivity index (χ1v) is 12.7. The molecule has 1 aliphatic heterocycles. The van der Waals surface area contributed by atoms with E-state index < -0.39 is 6.04 Å². The minimum absolute atomic E-state index is 0.0201. The van der Waals surface area contributed by atoms with E-state index in [2.05, 4.69) is 22.9 Å². The normalized spacial score (nSPS) is 23.1. The van der Waals surface area contributed by atoms with Crippen LogP contribution in [0.25, 0.3) is 0 Å². The monoisotopic (exact) mass is 492 g/mol. The molecule has 0 saturated carbocycles. The van der Waals surface area contributed by atoms with Gasteiger partial charge >= 0.3 is 6.03 Å². The number of anilines is 1. The zero-order valence-corrected chi connectivity index (χ0v) is 22.1. The number of hydrogen-bond acceptors (Lipinski definition) is 6. The molecule has 0 fully saturated rings. The number of amides is 3. The molecule has 0 aliphatic carbocycles. The van der Waals surface area contributed by atoms with Crippen LogP contribution in [0, 0.1) is 5.92 Å². The number of aliphatic hydroxyl groups is 1. The predicted octanol–water partition coefficient (Wildman–Crippen LogP) is 3.23. The number of carbonyl (C=O) groups excluding carboxylic acids is 2. The molecule has 2 rings (SSSR count). The minimum atomic E-state index is -0.404. The van der Waals surface area contributed by atoms with E-state index in [0.29, 0.717) is 36.7 Å². The zero-order valence-electron chi connectivity index (χ0n) is 22.1. The Morgan fingerprint density at radius 1 is 1.23 bits per heavy atom. The molecular weight excluding hydrogens is 448 g/mol. The summed E-state index contributed by atoms with van der Waals surface area (Å²) in [5.74, 6) is 0.249. The van der Waals surface area contributed by atoms with Crippen molar-refractivity contribution in [2.45, 2.75) is 78.2 Å². The number of hydrogen-bond donors (Lipinski definition) is 4. The first-order valence-electron chi connectivity index (χ1n) is 12.7. The zero-order chi connectivity index (χ0) is 26.0. The van der Waals surface area contributed by atoms with E-state index in [1.54, 1.807) is 23.1 Å². The van der Waals surface area contributed by atoms with Gasteiger partial charge in [0.25, 0.3) is 5.91 Å². The predicted molar refractivity (Wildman–Crippen MR) is 138 cm³/mol. The second-order valence-electron chi connectivity index (χ2n) is 9.82. The fraction of sp³-hybridized carbons (Fsp3) is 0.692. The molecule has 0 bridgehead atoms. The van der Waals surface area contributed by atoms with Crippen LogP contribution < -0.4 is 20.7 Å². The lowest BCUT2D eigenvalue weighted by Crippen LogP contribution is -2.47. The third-order valence-corrected chi connectivity index (χ3v) is 6.13. The molecule has 1 aliphatic rings. The number of carbonyl (C=O) groups is 2. The van der Waals surface area contributed by atoms with E-state index in [4.69, 9.17) is 9.47 Å². The summed E-state index contributed by atoms with van der Waals surface area (Å²) >= 11 is 0. The van der Waals surface area contributed by atoms with Gasteiger partial charge in [0.05, 0.1) is 30.4 Å². The van der Waals surface area contributed by atoms with Crippen LogP contribution in [0.2, 0.25) is 0 Å². The van der Waals surface area contributed by atoms with Gasteiger partial charge in [0, 0.05) is 37.3 Å². The van der Waals surface area contributed by atoms with Crippen molar-refractivity contribution in [3.63, 3.8) is 0 Å². The Morgan fingerprint density at radius 2 is 1.97 bits per heavy atom. The first kappa shape index (κ1) is 28.9. The summed E-state index contributed by atoms with van der Waals surface area (Å²) in [6, 6.07) is 4.36. The fourth-order valence-electron chi connectivity index (χ4n) is 4.12. The number of benzene rings is 1. The SMILES string of the molecule is CNC[C@H]1OCCCC[C@H](C)Oc2ccc(NC(=O)NC(C)C)cc2C(=O)N([C@@H](C)CO)C[C@H]1C. The number of ether oxygens (including phenoxy) is 2. The van der Waals surface area contributed by atoms with E-state index in [1.807, 2.05) is 34.7 Å². The van der Waals surface area contributed by atoms with Crippen LogP contribution in [0.15, 0.2) is 18.2 Å². The second kappa shape index (κ2) is 14.3. The lowest BCUT2D eigenvalue weighted by molar-refractivity contribution is -0.000451. The van der Waals surface area contributed by atoms with Gasteiger partial charge in [-0.1, -0.05) is 6.92 Å². The van der Waals surface area contributed by atoms with Gasteiger partial charge in [-0.25, -0.2) is 4.79 Å². The van der Waals surface area contributed by atoms with E-state index in [1.165, 1.54) is 0 Å². The number of urea groups is 1. The number of rotatable bonds is 6. The molecule has 9 nitrogen and oxygen atoms in total. The molecule has 1 aromatic carbocycles. The summed E-state index contributed by atoms with van der Waals surface area (Å²) in [4.78, 5) is 27.8. The van der Waals surface area contributed by atoms with Crippen LogP contribution in [0.4, 0.5) is 10.5 Å². The lowest BCUT2D eigenvalue weighted by Gasteiger charge is -2.34. The average molecular weight is 493 g/mol. The van der Waals surface area contributed by atoms with Crippen molar-refractivity contribution in [3.8, 4) is 5.75 Å². The third kappa shape index (κ3) is 8.98. The van der Waals surface area contributed by atoms with Gasteiger partial charge in [-0.15, -0.1) is 0 Å². The Bertz CT molecular complexity index is 819. The maximum atomic E-state index is 13.9. The van der Waals surface area contributed by atoms with Crippen LogP contribution in [0.3, 0.4) is 0 Å². The molecule has 3 amide bonds. The van der Waals surface area contributed by atoms with Gasteiger partial charge in [-0.05, 0) is 72.2 Å². The Hall–Kier alpha value is -2.36. The Morgan fingerprint density at radius 3 is 2.63 bits per heavy atom. The maximum absolute atomic E-state index is 13.9. The van der Waals surface area contributed by atoms with E-state index >= 15 is 0 Å². The maximum Gasteiger partial charge on any atom is 0.319 e. The number of nitrogens with zero attached hydrogens (tertiary/aromatic N) is 1. The van der Waals surface area contributed by atoms with Crippen molar-refractivity contribution in [2.24, 2.45) is 5.92 Å². The van der Waals surface area contributed by atoms with E-state index in [-0.39, 0.29) is 42.7 Å². The summed E-state index contributed by atoms with van der Waals surface area (Å²) in [7, 11) is 1.89. The van der Waals surface area contributed by atoms with Crippen LogP contribution in [0.1, 0.15) is 64.2 Å². The summed E-state index contributed by atoms with van der Waals surface area (Å²) in [5.41, 5.74) is 0.850. The molecule has 9 heteroatoms. The second-order valence-corrected chi connectivity index (χ2v) is 9.82. The number of likely N-dealkylation sites (N-methyl/N-ethyl adjacent to an activating group) is 1. The summed E-state index contributed by atoms with van der Waals surface area (Å²) in [5, 5.41) is 18.7. The molecular formula is C26H44N4O5. The van der Waals surface area contributed by atoms with Crippen LogP contribution >= 0.6 is 0 Å². The fourth-order valence-corrected chi connectivity index (χ4v) is 4.12. The van der Waals surface area contributed by atoms with Crippen molar-refractivity contribution < 1.29 is 24.2 Å². The molecule has 0 unspecified atom stereocenters. The van der Waals surface area contributed by atoms with Crippen molar-refractivity contribution in [2.75, 3.05) is 38.7 Å². The molecule has 4 N–H and O–H groups in total. The topological polar surface area (TPSA) is 112 Å². The van der Waals surface area contributed by atoms with Crippen LogP contribution in [-0.4, -0.2) is 79.6 Å². The van der Waals surface area contributed by atoms with E-state index in [9.17, 15) is 14.7 Å². The molecule has 198 valence electrons. The molecule has 0 aromatic heterocycles. The van der Waals surface area contributed by atoms with Crippen molar-refractivity contribution >= 4 is 17.6 Å². The summed E-state index contributed by atoms with van der Waals surface area (Å²) < 4.78 is 12.4. The van der Waals surface area contributed by atoms with Gasteiger partial charge < -0.3 is 35.4 Å². The van der Waals surface area contributed by atoms with Gasteiger partial charge in [0.1, 0.15) is 5.75 Å². The van der Waals surface area contributed by atoms with Gasteiger partial charge in [0.2, 0.25) is 0 Å². The van der Waals surface area contributed by atoms with E-state index in [0.717, 1.165) is 19.3 Å². The summed E-state index contributed by atoms with van der Waals surface area (Å²) in [6.45, 7) is 11.2. The van der Waals surface area contributed by atoms with Crippen LogP contribution in [0.5, 0.6) is 5.75 Å². The largest absolute Gasteiger partial charge is 0.490 e. The summed E-state index contributed by atoms with van der Waals surface area (Å²) in [6.07, 6.45) is 2.55. The molecule has 0 saturated heterocycles. The van der Waals surface area contributed by atoms with Crippen molar-refractivity contribution in [3.05, 3.63) is 23.8 Å². The van der Waals surface area contributed by atoms with Crippen LogP contribution in [-0.2, 0) is 4.74 Å². The highest BCUT2D eigenvalue weighted by Crippen LogP contribution is 2.28. The first-order chi connectivity index (χ1) is 16.7. The Labute approximate surface area is 209 Å². The highest BCUT2D eigenvalue weighted by Gasteiger charge is 2.29. The molecule has 4 atom stereocenters. The smallest absolute Gasteiger partial charge is 0.319 e. The number of fused-ring (bicyclic) bond motifs is 1. The molecule has 1 heterocycles. The number of nitrogens with one attached hydrogen (secondary N) is 3. The number of aliphatic hydroxyl groups excluding tert-OH is 1. The van der Waals surface area contributed by atoms with Crippen molar-refractivity contribution in [1.29, 1.82) is 0 Å². The van der Waals surface area contributed by atoms with Crippen molar-refractivity contribution in [1.82, 2.24) is 15.5 Å². The standard InChI is InChI=1S/C26H44N4O5/c1-17(2)28-26(33)29-21-10-11-23-22(13-21)25(32)30(19(4)16-31)15-18(3)24(14-27-6)34-12-8-7-9-20(5)35-23/h10-11,13,17-20,24,27,31H,7-9,12,14-16H2,1-6H3,(H2,28,29,33)/t18-,19+,20+,24-/m1/s1. The third-order valence-electron chi connectivity index (χ3n) is 6.13. The highest BCUT2D eigenvalue weighted by molar-refractivity contribution is 5.99. The highest BCUT2D eigenvalue weighted by atomic mass is 16.5. The average Bonchev–Trinajstić information content (AvgIpc) is 2.80. The Kier molecular flexibility index (Phi) is 11.8. The molecule has 1 aromatic rings. The van der Waals surface area contributed by atoms with Gasteiger partial charge in [0.15, 0.2) is 0 Å². The minimum Gasteiger partial charge on any atom is -0.490 e. The van der Waals surface area contributed by atoms with Gasteiger partial charge in [-0.3, -0.25) is 4.79 Å². The molecule has 35 heavy (non-hydrogen) atoms. The molecule has 0 radical (unpaired) electrons. The van der Waals surface area contributed by atoms with Gasteiger partial charge in [-0.2, -0.15) is 0 Å².